The molecule has 1 rings (SSSR count). The summed E-state index contributed by atoms with van der Waals surface area (Å²) in [6.07, 6.45) is 7.71. The molecular formula is C11H24N4. The van der Waals surface area contributed by atoms with Crippen molar-refractivity contribution in [1.82, 2.24) is 10.7 Å². The molecule has 4 N–H and O–H groups in total. The summed E-state index contributed by atoms with van der Waals surface area (Å²) in [6.45, 7) is 4.17. The highest BCUT2D eigenvalue weighted by atomic mass is 15.3. The Kier molecular flexibility index (Phi) is 5.47. The molecule has 1 saturated carbocycles. The average Bonchev–Trinajstić information content (AvgIpc) is 2.44. The Labute approximate surface area is 92.7 Å². The summed E-state index contributed by atoms with van der Waals surface area (Å²) in [4.78, 5) is 4.62. The van der Waals surface area contributed by atoms with Gasteiger partial charge in [-0.05, 0) is 26.7 Å². The monoisotopic (exact) mass is 212 g/mol. The van der Waals surface area contributed by atoms with E-state index in [9.17, 15) is 0 Å². The van der Waals surface area contributed by atoms with E-state index in [0.29, 0.717) is 12.1 Å². The number of hydrogen-bond donors (Lipinski definition) is 3. The van der Waals surface area contributed by atoms with E-state index < -0.39 is 0 Å². The number of aliphatic imine (C=N–C) groups is 1. The van der Waals surface area contributed by atoms with Crippen LogP contribution in [0.2, 0.25) is 0 Å². The highest BCUT2D eigenvalue weighted by Gasteiger charge is 2.12. The van der Waals surface area contributed by atoms with Crippen molar-refractivity contribution in [3.05, 3.63) is 0 Å². The van der Waals surface area contributed by atoms with Gasteiger partial charge in [0.25, 0.3) is 0 Å². The largest absolute Gasteiger partial charge is 0.353 e. The Bertz CT molecular complexity index is 193. The number of nitrogens with two attached hydrogens (primary N) is 1. The second kappa shape index (κ2) is 6.67. The Morgan fingerprint density at radius 1 is 1.20 bits per heavy atom. The first-order chi connectivity index (χ1) is 7.22. The molecule has 0 aromatic rings. The highest BCUT2D eigenvalue weighted by Crippen LogP contribution is 2.19. The highest BCUT2D eigenvalue weighted by molar-refractivity contribution is 5.79. The van der Waals surface area contributed by atoms with E-state index in [1.54, 1.807) is 0 Å². The molecule has 0 amide bonds. The van der Waals surface area contributed by atoms with Gasteiger partial charge in [-0.1, -0.05) is 25.7 Å². The van der Waals surface area contributed by atoms with Crippen LogP contribution in [0.4, 0.5) is 0 Å². The van der Waals surface area contributed by atoms with Crippen LogP contribution in [0.25, 0.3) is 0 Å². The summed E-state index contributed by atoms with van der Waals surface area (Å²) in [5.41, 5.74) is 2.64. The quantitative estimate of drug-likeness (QED) is 0.214. The third-order valence-corrected chi connectivity index (χ3v) is 2.70. The van der Waals surface area contributed by atoms with E-state index in [1.807, 2.05) is 0 Å². The predicted octanol–water partition coefficient (Wildman–Crippen LogP) is 1.53. The maximum atomic E-state index is 5.43. The van der Waals surface area contributed by atoms with Crippen LogP contribution in [-0.4, -0.2) is 18.0 Å². The van der Waals surface area contributed by atoms with Crippen LogP contribution in [0.1, 0.15) is 52.4 Å². The van der Waals surface area contributed by atoms with Gasteiger partial charge >= 0.3 is 0 Å². The second-order valence-electron chi connectivity index (χ2n) is 4.57. The predicted molar refractivity (Wildman–Crippen MR) is 64.5 cm³/mol. The van der Waals surface area contributed by atoms with Gasteiger partial charge in [0.1, 0.15) is 0 Å². The number of guanidine groups is 1. The van der Waals surface area contributed by atoms with Gasteiger partial charge in [0, 0.05) is 6.04 Å². The molecule has 0 bridgehead atoms. The fourth-order valence-electron chi connectivity index (χ4n) is 1.96. The lowest BCUT2D eigenvalue weighted by Gasteiger charge is -2.15. The first-order valence-corrected chi connectivity index (χ1v) is 6.03. The van der Waals surface area contributed by atoms with Crippen molar-refractivity contribution >= 4 is 5.96 Å². The molecular weight excluding hydrogens is 188 g/mol. The summed E-state index contributed by atoms with van der Waals surface area (Å²) < 4.78 is 0. The molecule has 0 atom stereocenters. The van der Waals surface area contributed by atoms with E-state index in [-0.39, 0.29) is 0 Å². The molecule has 15 heavy (non-hydrogen) atoms. The van der Waals surface area contributed by atoms with E-state index in [0.717, 1.165) is 5.96 Å². The zero-order chi connectivity index (χ0) is 11.1. The van der Waals surface area contributed by atoms with E-state index >= 15 is 0 Å². The maximum absolute atomic E-state index is 5.43. The number of hydrogen-bond acceptors (Lipinski definition) is 2. The van der Waals surface area contributed by atoms with Crippen LogP contribution in [0, 0.1) is 0 Å². The molecule has 1 fully saturated rings. The third-order valence-electron chi connectivity index (χ3n) is 2.70. The molecule has 4 nitrogen and oxygen atoms in total. The molecule has 0 aromatic heterocycles. The van der Waals surface area contributed by atoms with Crippen molar-refractivity contribution in [2.45, 2.75) is 64.5 Å². The van der Waals surface area contributed by atoms with Crippen LogP contribution in [0.15, 0.2) is 4.99 Å². The van der Waals surface area contributed by atoms with Crippen molar-refractivity contribution in [1.29, 1.82) is 0 Å². The first-order valence-electron chi connectivity index (χ1n) is 6.03. The van der Waals surface area contributed by atoms with Crippen LogP contribution in [-0.2, 0) is 0 Å². The van der Waals surface area contributed by atoms with Gasteiger partial charge in [0.2, 0.25) is 5.96 Å². The first kappa shape index (κ1) is 12.3. The molecule has 1 aliphatic rings. The second-order valence-corrected chi connectivity index (χ2v) is 4.57. The van der Waals surface area contributed by atoms with Crippen molar-refractivity contribution < 1.29 is 0 Å². The third kappa shape index (κ3) is 5.02. The lowest BCUT2D eigenvalue weighted by Crippen LogP contribution is -2.45. The van der Waals surface area contributed by atoms with Gasteiger partial charge in [-0.15, -0.1) is 0 Å². The molecule has 0 aromatic carbocycles. The van der Waals surface area contributed by atoms with Crippen LogP contribution < -0.4 is 16.6 Å². The maximum Gasteiger partial charge on any atom is 0.206 e. The Hall–Kier alpha value is -0.770. The summed E-state index contributed by atoms with van der Waals surface area (Å²) in [5.74, 6) is 6.17. The summed E-state index contributed by atoms with van der Waals surface area (Å²) in [7, 11) is 0. The molecule has 0 saturated heterocycles. The molecule has 4 heteroatoms. The zero-order valence-electron chi connectivity index (χ0n) is 9.92. The van der Waals surface area contributed by atoms with E-state index in [1.165, 1.54) is 38.5 Å². The summed E-state index contributed by atoms with van der Waals surface area (Å²) >= 11 is 0. The Morgan fingerprint density at radius 2 is 1.80 bits per heavy atom. The van der Waals surface area contributed by atoms with Crippen LogP contribution in [0.5, 0.6) is 0 Å². The minimum atomic E-state index is 0.366. The molecule has 0 radical (unpaired) electrons. The zero-order valence-corrected chi connectivity index (χ0v) is 9.92. The number of rotatable bonds is 2. The van der Waals surface area contributed by atoms with Gasteiger partial charge < -0.3 is 5.32 Å². The normalized spacial score (nSPS) is 20.1. The van der Waals surface area contributed by atoms with Gasteiger partial charge in [0.15, 0.2) is 0 Å². The number of nitrogens with one attached hydrogen (secondary N) is 2. The van der Waals surface area contributed by atoms with Crippen molar-refractivity contribution in [3.63, 3.8) is 0 Å². The van der Waals surface area contributed by atoms with E-state index in [2.05, 4.69) is 29.6 Å². The van der Waals surface area contributed by atoms with Gasteiger partial charge in [-0.2, -0.15) is 0 Å². The minimum Gasteiger partial charge on any atom is -0.353 e. The number of nitrogens with zero attached hydrogens (tertiary/aromatic N) is 1. The fourth-order valence-corrected chi connectivity index (χ4v) is 1.96. The molecule has 0 unspecified atom stereocenters. The topological polar surface area (TPSA) is 62.4 Å². The summed E-state index contributed by atoms with van der Waals surface area (Å²) in [5, 5.41) is 3.21. The SMILES string of the molecule is CC(C)NC(=NC1CCCCCC1)NN. The number of hydrazine groups is 1. The molecule has 0 heterocycles. The van der Waals surface area contributed by atoms with E-state index in [4.69, 9.17) is 5.84 Å². The van der Waals surface area contributed by atoms with Gasteiger partial charge in [-0.25, -0.2) is 10.8 Å². The molecule has 0 spiro atoms. The minimum absolute atomic E-state index is 0.366. The van der Waals surface area contributed by atoms with Crippen molar-refractivity contribution in [2.75, 3.05) is 0 Å². The Balaban J connectivity index is 2.48. The van der Waals surface area contributed by atoms with Gasteiger partial charge in [0.05, 0.1) is 6.04 Å². The van der Waals surface area contributed by atoms with Crippen molar-refractivity contribution in [3.8, 4) is 0 Å². The van der Waals surface area contributed by atoms with Crippen LogP contribution >= 0.6 is 0 Å². The standard InChI is InChI=1S/C11H24N4/c1-9(2)13-11(15-12)14-10-7-5-3-4-6-8-10/h9-10H,3-8,12H2,1-2H3,(H2,13,14,15). The lowest BCUT2D eigenvalue weighted by atomic mass is 10.1. The lowest BCUT2D eigenvalue weighted by molar-refractivity contribution is 0.574. The fraction of sp³-hybridized carbons (Fsp3) is 0.909. The smallest absolute Gasteiger partial charge is 0.206 e. The van der Waals surface area contributed by atoms with Crippen molar-refractivity contribution in [2.24, 2.45) is 10.8 Å². The van der Waals surface area contributed by atoms with Crippen LogP contribution in [0.3, 0.4) is 0 Å². The van der Waals surface area contributed by atoms with Gasteiger partial charge in [-0.3, -0.25) is 5.43 Å². The molecule has 88 valence electrons. The average molecular weight is 212 g/mol. The summed E-state index contributed by atoms with van der Waals surface area (Å²) in [6, 6.07) is 0.815. The Morgan fingerprint density at radius 3 is 2.27 bits per heavy atom. The molecule has 1 aliphatic carbocycles. The molecule has 0 aliphatic heterocycles.